The second-order valence-corrected chi connectivity index (χ2v) is 9.10. The van der Waals surface area contributed by atoms with E-state index in [2.05, 4.69) is 11.0 Å². The molecule has 0 atom stereocenters. The van der Waals surface area contributed by atoms with Crippen LogP contribution in [-0.4, -0.2) is 42.2 Å². The lowest BCUT2D eigenvalue weighted by Crippen LogP contribution is -2.44. The van der Waals surface area contributed by atoms with Gasteiger partial charge in [0.1, 0.15) is 18.1 Å². The molecule has 4 rings (SSSR count). The van der Waals surface area contributed by atoms with E-state index in [1.165, 1.54) is 5.56 Å². The van der Waals surface area contributed by atoms with Gasteiger partial charge in [-0.3, -0.25) is 4.79 Å². The first kappa shape index (κ1) is 24.3. The Morgan fingerprint density at radius 2 is 1.81 bits per heavy atom. The maximum absolute atomic E-state index is 10.8. The van der Waals surface area contributed by atoms with Crippen molar-refractivity contribution in [1.82, 2.24) is 4.90 Å². The maximum Gasteiger partial charge on any atom is 0.304 e. The van der Waals surface area contributed by atoms with E-state index in [4.69, 9.17) is 49.4 Å². The molecule has 2 aromatic rings. The van der Waals surface area contributed by atoms with Crippen LogP contribution in [0.1, 0.15) is 30.4 Å². The number of hydrogen-bond donors (Lipinski definition) is 1. The number of rotatable bonds is 6. The van der Waals surface area contributed by atoms with Crippen LogP contribution in [0.3, 0.4) is 0 Å². The minimum Gasteiger partial charge on any atom is -0.492 e. The molecule has 1 fully saturated rings. The van der Waals surface area contributed by atoms with Crippen molar-refractivity contribution in [2.24, 2.45) is 0 Å². The molecule has 31 heavy (non-hydrogen) atoms. The Balaban J connectivity index is 0.00000272. The molecule has 0 bridgehead atoms. The third kappa shape index (κ3) is 5.35. The first-order valence-electron chi connectivity index (χ1n) is 9.84. The summed E-state index contributed by atoms with van der Waals surface area (Å²) in [4.78, 5) is 13.0. The molecule has 9 heteroatoms. The van der Waals surface area contributed by atoms with E-state index in [1.807, 2.05) is 12.1 Å². The molecule has 2 aliphatic heterocycles. The van der Waals surface area contributed by atoms with Gasteiger partial charge < -0.3 is 19.5 Å². The Labute approximate surface area is 202 Å². The molecule has 168 valence electrons. The average molecular weight is 507 g/mol. The van der Waals surface area contributed by atoms with Crippen LogP contribution in [0.5, 0.6) is 11.5 Å². The molecule has 0 aliphatic carbocycles. The summed E-state index contributed by atoms with van der Waals surface area (Å²) in [5, 5.41) is 10.3. The van der Waals surface area contributed by atoms with Crippen molar-refractivity contribution in [3.05, 3.63) is 56.5 Å². The lowest BCUT2D eigenvalue weighted by atomic mass is 9.74. The fourth-order valence-electron chi connectivity index (χ4n) is 4.18. The highest BCUT2D eigenvalue weighted by atomic mass is 35.5. The number of ether oxygens (including phenoxy) is 2. The van der Waals surface area contributed by atoms with Crippen LogP contribution in [0.2, 0.25) is 15.1 Å². The third-order valence-electron chi connectivity index (χ3n) is 5.97. The standard InChI is InChI=1S/C22H22Cl3NO4.ClH/c23-14-9-18(24)16(19(25)10-14)12-29-15-1-2-17-20(11-15)30-13-22(17)4-7-26(8-5-22)6-3-21(27)28;/h1-2,9-11H,3-8,12-13H2,(H,27,28);1H. The van der Waals surface area contributed by atoms with Crippen molar-refractivity contribution in [3.8, 4) is 11.5 Å². The number of likely N-dealkylation sites (tertiary alicyclic amines) is 1. The Kier molecular flexibility index (Phi) is 7.87. The van der Waals surface area contributed by atoms with Gasteiger partial charge in [0.15, 0.2) is 0 Å². The van der Waals surface area contributed by atoms with Crippen molar-refractivity contribution in [1.29, 1.82) is 0 Å². The number of hydrogen-bond acceptors (Lipinski definition) is 4. The van der Waals surface area contributed by atoms with Crippen LogP contribution in [0, 0.1) is 0 Å². The first-order chi connectivity index (χ1) is 14.4. The van der Waals surface area contributed by atoms with Crippen molar-refractivity contribution in [2.45, 2.75) is 31.3 Å². The zero-order valence-electron chi connectivity index (χ0n) is 16.7. The number of carboxylic acid groups (broad SMARTS) is 1. The fourth-order valence-corrected chi connectivity index (χ4v) is 5.11. The summed E-state index contributed by atoms with van der Waals surface area (Å²) in [7, 11) is 0. The van der Waals surface area contributed by atoms with Crippen LogP contribution in [-0.2, 0) is 16.8 Å². The van der Waals surface area contributed by atoms with Gasteiger partial charge >= 0.3 is 5.97 Å². The van der Waals surface area contributed by atoms with Gasteiger partial charge in [-0.2, -0.15) is 0 Å². The van der Waals surface area contributed by atoms with E-state index >= 15 is 0 Å². The number of nitrogens with zero attached hydrogens (tertiary/aromatic N) is 1. The van der Waals surface area contributed by atoms with Gasteiger partial charge in [-0.05, 0) is 44.1 Å². The van der Waals surface area contributed by atoms with Crippen LogP contribution in [0.15, 0.2) is 30.3 Å². The van der Waals surface area contributed by atoms with Gasteiger partial charge in [-0.1, -0.05) is 40.9 Å². The highest BCUT2D eigenvalue weighted by Crippen LogP contribution is 2.46. The van der Waals surface area contributed by atoms with Gasteiger partial charge in [0.25, 0.3) is 0 Å². The molecule has 5 nitrogen and oxygen atoms in total. The molecule has 0 radical (unpaired) electrons. The number of fused-ring (bicyclic) bond motifs is 2. The highest BCUT2D eigenvalue weighted by Gasteiger charge is 2.43. The van der Waals surface area contributed by atoms with Crippen molar-refractivity contribution < 1.29 is 19.4 Å². The highest BCUT2D eigenvalue weighted by molar-refractivity contribution is 6.39. The number of aliphatic carboxylic acids is 1. The normalized spacial score (nSPS) is 17.0. The average Bonchev–Trinajstić information content (AvgIpc) is 3.04. The maximum atomic E-state index is 10.8. The second-order valence-electron chi connectivity index (χ2n) is 7.85. The monoisotopic (exact) mass is 505 g/mol. The molecular weight excluding hydrogens is 484 g/mol. The number of carboxylic acids is 1. The van der Waals surface area contributed by atoms with Crippen LogP contribution < -0.4 is 9.47 Å². The summed E-state index contributed by atoms with van der Waals surface area (Å²) in [5.41, 5.74) is 1.89. The zero-order chi connectivity index (χ0) is 21.3. The predicted molar refractivity (Wildman–Crippen MR) is 125 cm³/mol. The predicted octanol–water partition coefficient (Wildman–Crippen LogP) is 5.85. The number of carbonyl (C=O) groups is 1. The molecule has 2 aromatic carbocycles. The van der Waals surface area contributed by atoms with Crippen LogP contribution in [0.25, 0.3) is 0 Å². The zero-order valence-corrected chi connectivity index (χ0v) is 19.8. The quantitative estimate of drug-likeness (QED) is 0.532. The molecule has 1 spiro atoms. The van der Waals surface area contributed by atoms with Crippen molar-refractivity contribution in [2.75, 3.05) is 26.2 Å². The number of benzene rings is 2. The molecule has 2 heterocycles. The SMILES string of the molecule is Cl.O=C(O)CCN1CCC2(CC1)COc1cc(OCc3c(Cl)cc(Cl)cc3Cl)ccc12. The minimum atomic E-state index is -0.751. The lowest BCUT2D eigenvalue weighted by molar-refractivity contribution is -0.137. The summed E-state index contributed by atoms with van der Waals surface area (Å²) < 4.78 is 11.9. The lowest BCUT2D eigenvalue weighted by Gasteiger charge is -2.38. The fraction of sp³-hybridized carbons (Fsp3) is 0.409. The Hall–Kier alpha value is -1.37. The van der Waals surface area contributed by atoms with Crippen LogP contribution in [0.4, 0.5) is 0 Å². The van der Waals surface area contributed by atoms with Gasteiger partial charge in [-0.25, -0.2) is 0 Å². The summed E-state index contributed by atoms with van der Waals surface area (Å²) in [6, 6.07) is 9.23. The molecule has 0 unspecified atom stereocenters. The summed E-state index contributed by atoms with van der Waals surface area (Å²) in [6.07, 6.45) is 2.09. The molecule has 1 N–H and O–H groups in total. The van der Waals surface area contributed by atoms with Gasteiger partial charge in [0.05, 0.1) is 23.1 Å². The Bertz CT molecular complexity index is 938. The van der Waals surface area contributed by atoms with Gasteiger partial charge in [0.2, 0.25) is 0 Å². The molecule has 0 saturated carbocycles. The van der Waals surface area contributed by atoms with Crippen molar-refractivity contribution >= 4 is 53.2 Å². The minimum absolute atomic E-state index is 0. The van der Waals surface area contributed by atoms with E-state index in [0.29, 0.717) is 39.5 Å². The Morgan fingerprint density at radius 3 is 2.45 bits per heavy atom. The number of piperidine rings is 1. The van der Waals surface area contributed by atoms with Gasteiger partial charge in [-0.15, -0.1) is 12.4 Å². The van der Waals surface area contributed by atoms with Crippen molar-refractivity contribution in [3.63, 3.8) is 0 Å². The second kappa shape index (κ2) is 10.1. The molecular formula is C22H23Cl4NO4. The van der Waals surface area contributed by atoms with E-state index in [9.17, 15) is 4.79 Å². The largest absolute Gasteiger partial charge is 0.492 e. The van der Waals surface area contributed by atoms with Crippen LogP contribution >= 0.6 is 47.2 Å². The summed E-state index contributed by atoms with van der Waals surface area (Å²) in [5.74, 6) is 0.783. The Morgan fingerprint density at radius 1 is 1.13 bits per heavy atom. The van der Waals surface area contributed by atoms with E-state index in [0.717, 1.165) is 31.7 Å². The molecule has 2 aliphatic rings. The summed E-state index contributed by atoms with van der Waals surface area (Å²) in [6.45, 7) is 3.23. The van der Waals surface area contributed by atoms with E-state index in [1.54, 1.807) is 12.1 Å². The van der Waals surface area contributed by atoms with E-state index < -0.39 is 5.97 Å². The van der Waals surface area contributed by atoms with E-state index in [-0.39, 0.29) is 30.8 Å². The number of halogens is 4. The molecule has 1 saturated heterocycles. The topological polar surface area (TPSA) is 59.0 Å². The smallest absolute Gasteiger partial charge is 0.304 e. The molecule has 0 aromatic heterocycles. The first-order valence-corrected chi connectivity index (χ1v) is 11.0. The summed E-state index contributed by atoms with van der Waals surface area (Å²) >= 11 is 18.4. The molecule has 0 amide bonds. The third-order valence-corrected chi connectivity index (χ3v) is 6.87. The van der Waals surface area contributed by atoms with Gasteiger partial charge in [0, 0.05) is 34.2 Å².